The molecular formula is C20H24N2O3. The zero-order valence-electron chi connectivity index (χ0n) is 15.0. The molecule has 0 atom stereocenters. The summed E-state index contributed by atoms with van der Waals surface area (Å²) in [6, 6.07) is 11.3. The van der Waals surface area contributed by atoms with Crippen LogP contribution in [0.15, 0.2) is 36.4 Å². The first-order chi connectivity index (χ1) is 12.0. The van der Waals surface area contributed by atoms with Crippen LogP contribution < -0.4 is 9.64 Å². The van der Waals surface area contributed by atoms with Gasteiger partial charge in [0.1, 0.15) is 0 Å². The fraction of sp³-hybridized carbons (Fsp3) is 0.350. The van der Waals surface area contributed by atoms with Gasteiger partial charge in [-0.2, -0.15) is 0 Å². The number of anilines is 1. The topological polar surface area (TPSA) is 53.0 Å². The summed E-state index contributed by atoms with van der Waals surface area (Å²) in [5, 5.41) is 10.2. The summed E-state index contributed by atoms with van der Waals surface area (Å²) >= 11 is 0. The Kier molecular flexibility index (Phi) is 4.83. The van der Waals surface area contributed by atoms with Gasteiger partial charge in [-0.15, -0.1) is 0 Å². The number of aromatic hydroxyl groups is 1. The van der Waals surface area contributed by atoms with Gasteiger partial charge in [0.2, 0.25) is 0 Å². The number of carbonyl (C=O) groups is 1. The van der Waals surface area contributed by atoms with Crippen LogP contribution in [0.4, 0.5) is 5.69 Å². The normalized spacial score (nSPS) is 14.5. The van der Waals surface area contributed by atoms with E-state index in [0.29, 0.717) is 24.4 Å². The number of piperazine rings is 1. The number of aryl methyl sites for hydroxylation is 1. The average molecular weight is 340 g/mol. The number of nitrogens with zero attached hydrogens (tertiary/aromatic N) is 2. The summed E-state index contributed by atoms with van der Waals surface area (Å²) < 4.78 is 5.09. The number of rotatable bonds is 3. The van der Waals surface area contributed by atoms with Gasteiger partial charge in [0.25, 0.3) is 5.91 Å². The van der Waals surface area contributed by atoms with E-state index in [1.807, 2.05) is 0 Å². The second-order valence-electron chi connectivity index (χ2n) is 6.35. The van der Waals surface area contributed by atoms with E-state index >= 15 is 0 Å². The molecular weight excluding hydrogens is 316 g/mol. The molecule has 0 saturated carbocycles. The van der Waals surface area contributed by atoms with Crippen molar-refractivity contribution in [2.24, 2.45) is 0 Å². The SMILES string of the molecule is COc1cccc(C(=O)N2CCN(c3cccc(C)c3C)CC2)c1O. The Morgan fingerprint density at radius 2 is 1.72 bits per heavy atom. The maximum atomic E-state index is 12.7. The Labute approximate surface area is 148 Å². The molecule has 0 radical (unpaired) electrons. The number of ether oxygens (including phenoxy) is 1. The Morgan fingerprint density at radius 1 is 1.04 bits per heavy atom. The lowest BCUT2D eigenvalue weighted by Gasteiger charge is -2.37. The standard InChI is InChI=1S/C20H24N2O3/c1-14-6-4-8-17(15(14)2)21-10-12-22(13-11-21)20(24)16-7-5-9-18(25-3)19(16)23/h4-9,23H,10-13H2,1-3H3. The third-order valence-corrected chi connectivity index (χ3v) is 4.93. The molecule has 5 nitrogen and oxygen atoms in total. The van der Waals surface area contributed by atoms with E-state index in [9.17, 15) is 9.90 Å². The van der Waals surface area contributed by atoms with Crippen molar-refractivity contribution in [1.82, 2.24) is 4.90 Å². The number of methoxy groups -OCH3 is 1. The van der Waals surface area contributed by atoms with E-state index in [1.54, 1.807) is 23.1 Å². The number of hydrogen-bond donors (Lipinski definition) is 1. The molecule has 0 unspecified atom stereocenters. The first-order valence-electron chi connectivity index (χ1n) is 8.49. The number of amides is 1. The fourth-order valence-electron chi connectivity index (χ4n) is 3.26. The Balaban J connectivity index is 1.72. The van der Waals surface area contributed by atoms with E-state index in [-0.39, 0.29) is 11.7 Å². The minimum atomic E-state index is -0.156. The third kappa shape index (κ3) is 3.27. The molecule has 5 heteroatoms. The highest BCUT2D eigenvalue weighted by Gasteiger charge is 2.25. The highest BCUT2D eigenvalue weighted by Crippen LogP contribution is 2.31. The third-order valence-electron chi connectivity index (χ3n) is 4.93. The molecule has 3 rings (SSSR count). The minimum absolute atomic E-state index is 0.0908. The van der Waals surface area contributed by atoms with Crippen LogP contribution in [0.2, 0.25) is 0 Å². The van der Waals surface area contributed by atoms with Crippen molar-refractivity contribution < 1.29 is 14.6 Å². The van der Waals surface area contributed by atoms with Crippen molar-refractivity contribution in [3.05, 3.63) is 53.1 Å². The summed E-state index contributed by atoms with van der Waals surface area (Å²) in [7, 11) is 1.48. The first kappa shape index (κ1) is 17.1. The van der Waals surface area contributed by atoms with Crippen molar-refractivity contribution in [3.63, 3.8) is 0 Å². The number of carbonyl (C=O) groups excluding carboxylic acids is 1. The lowest BCUT2D eigenvalue weighted by Crippen LogP contribution is -2.49. The van der Waals surface area contributed by atoms with Crippen LogP contribution >= 0.6 is 0 Å². The Morgan fingerprint density at radius 3 is 2.40 bits per heavy atom. The number of phenolic OH excluding ortho intramolecular Hbond substituents is 1. The zero-order chi connectivity index (χ0) is 18.0. The number of phenols is 1. The van der Waals surface area contributed by atoms with Crippen LogP contribution in [0, 0.1) is 13.8 Å². The predicted molar refractivity (Wildman–Crippen MR) is 98.7 cm³/mol. The molecule has 0 spiro atoms. The van der Waals surface area contributed by atoms with Crippen LogP contribution in [0.5, 0.6) is 11.5 Å². The van der Waals surface area contributed by atoms with Gasteiger partial charge in [0.15, 0.2) is 11.5 Å². The summed E-state index contributed by atoms with van der Waals surface area (Å²) in [5.41, 5.74) is 4.08. The van der Waals surface area contributed by atoms with E-state index in [1.165, 1.54) is 23.9 Å². The number of para-hydroxylation sites is 1. The summed E-state index contributed by atoms with van der Waals surface area (Å²) in [6.45, 7) is 7.06. The van der Waals surface area contributed by atoms with Crippen LogP contribution in [-0.2, 0) is 0 Å². The highest BCUT2D eigenvalue weighted by atomic mass is 16.5. The quantitative estimate of drug-likeness (QED) is 0.933. The molecule has 1 fully saturated rings. The molecule has 1 N–H and O–H groups in total. The van der Waals surface area contributed by atoms with E-state index in [4.69, 9.17) is 4.74 Å². The zero-order valence-corrected chi connectivity index (χ0v) is 15.0. The number of hydrogen-bond acceptors (Lipinski definition) is 4. The molecule has 1 aliphatic heterocycles. The van der Waals surface area contributed by atoms with Crippen molar-refractivity contribution in [2.75, 3.05) is 38.2 Å². The molecule has 0 aromatic heterocycles. The van der Waals surface area contributed by atoms with Crippen LogP contribution in [-0.4, -0.2) is 49.2 Å². The average Bonchev–Trinajstić information content (AvgIpc) is 2.64. The van der Waals surface area contributed by atoms with Crippen molar-refractivity contribution in [2.45, 2.75) is 13.8 Å². The largest absolute Gasteiger partial charge is 0.504 e. The van der Waals surface area contributed by atoms with Gasteiger partial charge in [-0.1, -0.05) is 18.2 Å². The van der Waals surface area contributed by atoms with Gasteiger partial charge in [-0.3, -0.25) is 4.79 Å². The molecule has 1 aliphatic rings. The highest BCUT2D eigenvalue weighted by molar-refractivity contribution is 5.97. The molecule has 1 saturated heterocycles. The van der Waals surface area contributed by atoms with E-state index < -0.39 is 0 Å². The molecule has 132 valence electrons. The number of benzene rings is 2. The molecule has 2 aromatic rings. The fourth-order valence-corrected chi connectivity index (χ4v) is 3.26. The molecule has 25 heavy (non-hydrogen) atoms. The Bertz CT molecular complexity index is 781. The summed E-state index contributed by atoms with van der Waals surface area (Å²) in [5.74, 6) is 0.0730. The molecule has 2 aromatic carbocycles. The van der Waals surface area contributed by atoms with Crippen molar-refractivity contribution in [3.8, 4) is 11.5 Å². The van der Waals surface area contributed by atoms with Gasteiger partial charge in [-0.05, 0) is 43.2 Å². The van der Waals surface area contributed by atoms with Gasteiger partial charge < -0.3 is 19.6 Å². The monoisotopic (exact) mass is 340 g/mol. The lowest BCUT2D eigenvalue weighted by molar-refractivity contribution is 0.0743. The summed E-state index contributed by atoms with van der Waals surface area (Å²) in [6.07, 6.45) is 0. The van der Waals surface area contributed by atoms with Gasteiger partial charge in [0, 0.05) is 31.9 Å². The lowest BCUT2D eigenvalue weighted by atomic mass is 10.1. The maximum absolute atomic E-state index is 12.7. The van der Waals surface area contributed by atoms with Crippen molar-refractivity contribution in [1.29, 1.82) is 0 Å². The summed E-state index contributed by atoms with van der Waals surface area (Å²) in [4.78, 5) is 16.8. The first-order valence-corrected chi connectivity index (χ1v) is 8.49. The Hall–Kier alpha value is -2.69. The van der Waals surface area contributed by atoms with Gasteiger partial charge in [-0.25, -0.2) is 0 Å². The van der Waals surface area contributed by atoms with E-state index in [0.717, 1.165) is 13.1 Å². The second kappa shape index (κ2) is 7.05. The predicted octanol–water partition coefficient (Wildman–Crippen LogP) is 2.98. The second-order valence-corrected chi connectivity index (χ2v) is 6.35. The van der Waals surface area contributed by atoms with Gasteiger partial charge >= 0.3 is 0 Å². The van der Waals surface area contributed by atoms with Crippen LogP contribution in [0.1, 0.15) is 21.5 Å². The molecule has 1 heterocycles. The maximum Gasteiger partial charge on any atom is 0.257 e. The van der Waals surface area contributed by atoms with E-state index in [2.05, 4.69) is 36.9 Å². The minimum Gasteiger partial charge on any atom is -0.504 e. The molecule has 0 aliphatic carbocycles. The molecule has 0 bridgehead atoms. The smallest absolute Gasteiger partial charge is 0.257 e. The van der Waals surface area contributed by atoms with Crippen LogP contribution in [0.25, 0.3) is 0 Å². The van der Waals surface area contributed by atoms with Crippen LogP contribution in [0.3, 0.4) is 0 Å². The van der Waals surface area contributed by atoms with Gasteiger partial charge in [0.05, 0.1) is 12.7 Å². The van der Waals surface area contributed by atoms with Crippen molar-refractivity contribution >= 4 is 11.6 Å². The molecule has 1 amide bonds.